The highest BCUT2D eigenvalue weighted by atomic mass is 14.9. The molecule has 0 amide bonds. The van der Waals surface area contributed by atoms with Gasteiger partial charge in [-0.2, -0.15) is 0 Å². The van der Waals surface area contributed by atoms with Crippen molar-refractivity contribution in [2.24, 2.45) is 11.8 Å². The Morgan fingerprint density at radius 1 is 1.00 bits per heavy atom. The summed E-state index contributed by atoms with van der Waals surface area (Å²) < 4.78 is 0. The molecule has 0 heterocycles. The average Bonchev–Trinajstić information content (AvgIpc) is 2.39. The maximum atomic E-state index is 3.76. The van der Waals surface area contributed by atoms with Crippen LogP contribution in [0.2, 0.25) is 0 Å². The fourth-order valence-corrected chi connectivity index (χ4v) is 3.14. The van der Waals surface area contributed by atoms with Crippen LogP contribution < -0.4 is 5.32 Å². The molecule has 0 saturated heterocycles. The van der Waals surface area contributed by atoms with Gasteiger partial charge in [0.05, 0.1) is 0 Å². The Hall–Kier alpha value is -0.0400. The smallest absolute Gasteiger partial charge is 0.00672 e. The first-order valence-electron chi connectivity index (χ1n) is 8.45. The predicted octanol–water partition coefficient (Wildman–Crippen LogP) is 5.15. The Balaban J connectivity index is 2.20. The zero-order valence-corrected chi connectivity index (χ0v) is 13.0. The lowest BCUT2D eigenvalue weighted by Crippen LogP contribution is -2.30. The van der Waals surface area contributed by atoms with Crippen LogP contribution in [0.5, 0.6) is 0 Å². The highest BCUT2D eigenvalue weighted by molar-refractivity contribution is 4.72. The van der Waals surface area contributed by atoms with E-state index < -0.39 is 0 Å². The van der Waals surface area contributed by atoms with E-state index in [-0.39, 0.29) is 0 Å². The van der Waals surface area contributed by atoms with E-state index in [2.05, 4.69) is 26.1 Å². The summed E-state index contributed by atoms with van der Waals surface area (Å²) in [6.07, 6.45) is 14.4. The van der Waals surface area contributed by atoms with Crippen LogP contribution in [0.25, 0.3) is 0 Å². The summed E-state index contributed by atoms with van der Waals surface area (Å²) in [5.74, 6) is 1.90. The Morgan fingerprint density at radius 2 is 1.72 bits per heavy atom. The summed E-state index contributed by atoms with van der Waals surface area (Å²) in [5.41, 5.74) is 0. The van der Waals surface area contributed by atoms with Crippen molar-refractivity contribution in [3.63, 3.8) is 0 Å². The first kappa shape index (κ1) is 16.0. The second-order valence-electron chi connectivity index (χ2n) is 6.70. The van der Waals surface area contributed by atoms with E-state index in [4.69, 9.17) is 0 Å². The highest BCUT2D eigenvalue weighted by Crippen LogP contribution is 2.28. The second-order valence-corrected chi connectivity index (χ2v) is 6.70. The summed E-state index contributed by atoms with van der Waals surface area (Å²) in [6, 6.07) is 0.786. The van der Waals surface area contributed by atoms with Gasteiger partial charge in [-0.1, -0.05) is 52.9 Å². The lowest BCUT2D eigenvalue weighted by molar-refractivity contribution is 0.303. The molecule has 0 spiro atoms. The molecule has 1 aliphatic rings. The standard InChI is InChI=1S/C17H35N/c1-4-14-18-17(12-10-15(2)3)13-11-16-8-6-5-7-9-16/h15-18H,4-14H2,1-3H3. The first-order valence-corrected chi connectivity index (χ1v) is 8.45. The van der Waals surface area contributed by atoms with Gasteiger partial charge in [0.25, 0.3) is 0 Å². The molecule has 1 fully saturated rings. The molecule has 0 aromatic carbocycles. The maximum Gasteiger partial charge on any atom is 0.00672 e. The third-order valence-electron chi connectivity index (χ3n) is 4.42. The van der Waals surface area contributed by atoms with E-state index in [0.29, 0.717) is 0 Å². The molecule has 1 atom stereocenters. The second kappa shape index (κ2) is 9.83. The molecular weight excluding hydrogens is 218 g/mol. The van der Waals surface area contributed by atoms with Crippen LogP contribution in [0.1, 0.15) is 85.0 Å². The van der Waals surface area contributed by atoms with Gasteiger partial charge >= 0.3 is 0 Å². The molecule has 18 heavy (non-hydrogen) atoms. The Kier molecular flexibility index (Phi) is 8.75. The van der Waals surface area contributed by atoms with Crippen molar-refractivity contribution in [3.8, 4) is 0 Å². The molecule has 0 aromatic heterocycles. The van der Waals surface area contributed by atoms with Crippen LogP contribution in [0.3, 0.4) is 0 Å². The normalized spacial score (nSPS) is 19.3. The van der Waals surface area contributed by atoms with Crippen LogP contribution in [0.15, 0.2) is 0 Å². The SMILES string of the molecule is CCCNC(CCC(C)C)CCC1CCCCC1. The number of rotatable bonds is 9. The van der Waals surface area contributed by atoms with Gasteiger partial charge in [0, 0.05) is 6.04 Å². The lowest BCUT2D eigenvalue weighted by Gasteiger charge is -2.25. The van der Waals surface area contributed by atoms with Crippen molar-refractivity contribution in [2.45, 2.75) is 91.0 Å². The Morgan fingerprint density at radius 3 is 2.33 bits per heavy atom. The van der Waals surface area contributed by atoms with E-state index in [0.717, 1.165) is 17.9 Å². The predicted molar refractivity (Wildman–Crippen MR) is 82.0 cm³/mol. The summed E-state index contributed by atoms with van der Waals surface area (Å²) in [5, 5.41) is 3.76. The summed E-state index contributed by atoms with van der Waals surface area (Å²) in [6.45, 7) is 8.16. The maximum absolute atomic E-state index is 3.76. The summed E-state index contributed by atoms with van der Waals surface area (Å²) in [4.78, 5) is 0. The van der Waals surface area contributed by atoms with E-state index in [1.807, 2.05) is 0 Å². The quantitative estimate of drug-likeness (QED) is 0.599. The molecule has 1 saturated carbocycles. The largest absolute Gasteiger partial charge is 0.314 e. The molecule has 1 N–H and O–H groups in total. The fourth-order valence-electron chi connectivity index (χ4n) is 3.14. The van der Waals surface area contributed by atoms with E-state index in [9.17, 15) is 0 Å². The van der Waals surface area contributed by atoms with Gasteiger partial charge in [-0.15, -0.1) is 0 Å². The summed E-state index contributed by atoms with van der Waals surface area (Å²) >= 11 is 0. The Labute approximate surface area is 115 Å². The Bertz CT molecular complexity index is 182. The molecule has 0 bridgehead atoms. The van der Waals surface area contributed by atoms with Crippen molar-refractivity contribution in [1.82, 2.24) is 5.32 Å². The van der Waals surface area contributed by atoms with Crippen LogP contribution in [0.4, 0.5) is 0 Å². The van der Waals surface area contributed by atoms with Crippen LogP contribution in [-0.2, 0) is 0 Å². The van der Waals surface area contributed by atoms with Crippen LogP contribution >= 0.6 is 0 Å². The molecule has 1 rings (SSSR count). The van der Waals surface area contributed by atoms with Gasteiger partial charge in [0.15, 0.2) is 0 Å². The molecule has 1 heteroatoms. The van der Waals surface area contributed by atoms with Crippen molar-refractivity contribution in [3.05, 3.63) is 0 Å². The van der Waals surface area contributed by atoms with E-state index in [1.165, 1.54) is 70.8 Å². The molecule has 0 aliphatic heterocycles. The number of hydrogen-bond donors (Lipinski definition) is 1. The molecule has 1 nitrogen and oxygen atoms in total. The monoisotopic (exact) mass is 253 g/mol. The van der Waals surface area contributed by atoms with Gasteiger partial charge < -0.3 is 5.32 Å². The van der Waals surface area contributed by atoms with Crippen LogP contribution in [-0.4, -0.2) is 12.6 Å². The van der Waals surface area contributed by atoms with Gasteiger partial charge in [-0.05, 0) is 50.5 Å². The number of hydrogen-bond acceptors (Lipinski definition) is 1. The zero-order valence-electron chi connectivity index (χ0n) is 13.0. The van der Waals surface area contributed by atoms with Crippen LogP contribution in [0, 0.1) is 11.8 Å². The van der Waals surface area contributed by atoms with Crippen molar-refractivity contribution in [2.75, 3.05) is 6.54 Å². The third kappa shape index (κ3) is 7.41. The number of nitrogens with one attached hydrogen (secondary N) is 1. The van der Waals surface area contributed by atoms with Crippen molar-refractivity contribution in [1.29, 1.82) is 0 Å². The third-order valence-corrected chi connectivity index (χ3v) is 4.42. The topological polar surface area (TPSA) is 12.0 Å². The lowest BCUT2D eigenvalue weighted by atomic mass is 9.84. The summed E-state index contributed by atoms with van der Waals surface area (Å²) in [7, 11) is 0. The minimum atomic E-state index is 0.786. The first-order chi connectivity index (χ1) is 8.72. The van der Waals surface area contributed by atoms with E-state index >= 15 is 0 Å². The fraction of sp³-hybridized carbons (Fsp3) is 1.00. The van der Waals surface area contributed by atoms with Crippen molar-refractivity contribution >= 4 is 0 Å². The van der Waals surface area contributed by atoms with E-state index in [1.54, 1.807) is 0 Å². The highest BCUT2D eigenvalue weighted by Gasteiger charge is 2.16. The molecule has 0 radical (unpaired) electrons. The molecule has 0 aromatic rings. The van der Waals surface area contributed by atoms with Gasteiger partial charge in [-0.25, -0.2) is 0 Å². The minimum Gasteiger partial charge on any atom is -0.314 e. The zero-order chi connectivity index (χ0) is 13.2. The van der Waals surface area contributed by atoms with Gasteiger partial charge in [0.2, 0.25) is 0 Å². The minimum absolute atomic E-state index is 0.786. The molecule has 1 aliphatic carbocycles. The van der Waals surface area contributed by atoms with Crippen molar-refractivity contribution < 1.29 is 0 Å². The average molecular weight is 253 g/mol. The molecule has 108 valence electrons. The molecular formula is C17H35N. The molecule has 1 unspecified atom stereocenters. The van der Waals surface area contributed by atoms with Gasteiger partial charge in [0.1, 0.15) is 0 Å². The van der Waals surface area contributed by atoms with Gasteiger partial charge in [-0.3, -0.25) is 0 Å².